The Hall–Kier alpha value is -0.610. The molecule has 0 aliphatic heterocycles. The summed E-state index contributed by atoms with van der Waals surface area (Å²) in [5.41, 5.74) is 5.30. The van der Waals surface area contributed by atoms with E-state index in [1.54, 1.807) is 0 Å². The minimum absolute atomic E-state index is 0.256. The van der Waals surface area contributed by atoms with Gasteiger partial charge in [0.05, 0.1) is 15.1 Å². The fraction of sp³-hybridized carbons (Fsp3) is 0. The van der Waals surface area contributed by atoms with Gasteiger partial charge in [-0.25, -0.2) is 0 Å². The maximum atomic E-state index is 10.7. The van der Waals surface area contributed by atoms with Crippen molar-refractivity contribution >= 4 is 33.4 Å². The standard InChI is InChI=1S/C6H4BrClN2O/c7-3-1-10-2-4(8)5(3)6(9)11/h1-2H,(H2,9,11). The van der Waals surface area contributed by atoms with Crippen LogP contribution in [0.1, 0.15) is 10.4 Å². The van der Waals surface area contributed by atoms with Gasteiger partial charge in [-0.05, 0) is 15.9 Å². The molecule has 0 saturated carbocycles. The largest absolute Gasteiger partial charge is 0.366 e. The topological polar surface area (TPSA) is 56.0 Å². The molecule has 0 spiro atoms. The average Bonchev–Trinajstić information content (AvgIpc) is 1.85. The third-order valence-electron chi connectivity index (χ3n) is 1.10. The molecule has 3 nitrogen and oxygen atoms in total. The lowest BCUT2D eigenvalue weighted by molar-refractivity contribution is 0.0999. The highest BCUT2D eigenvalue weighted by atomic mass is 79.9. The SMILES string of the molecule is NC(=O)c1c(Cl)cncc1Br. The zero-order valence-electron chi connectivity index (χ0n) is 5.34. The molecule has 1 amide bonds. The fourth-order valence-electron chi connectivity index (χ4n) is 0.647. The molecule has 1 aromatic heterocycles. The molecule has 1 heterocycles. The molecule has 1 aromatic rings. The van der Waals surface area contributed by atoms with Crippen LogP contribution in [0.5, 0.6) is 0 Å². The van der Waals surface area contributed by atoms with Gasteiger partial charge in [-0.15, -0.1) is 0 Å². The van der Waals surface area contributed by atoms with Gasteiger partial charge in [-0.1, -0.05) is 11.6 Å². The number of aromatic nitrogens is 1. The molecule has 5 heteroatoms. The number of hydrogen-bond acceptors (Lipinski definition) is 2. The van der Waals surface area contributed by atoms with Crippen LogP contribution < -0.4 is 5.73 Å². The number of pyridine rings is 1. The van der Waals surface area contributed by atoms with Gasteiger partial charge in [0, 0.05) is 12.4 Å². The summed E-state index contributed by atoms with van der Waals surface area (Å²) in [6.45, 7) is 0. The third kappa shape index (κ3) is 1.70. The normalized spacial score (nSPS) is 9.64. The van der Waals surface area contributed by atoms with Crippen LogP contribution >= 0.6 is 27.5 Å². The Kier molecular flexibility index (Phi) is 2.46. The zero-order valence-corrected chi connectivity index (χ0v) is 7.69. The maximum absolute atomic E-state index is 10.7. The first-order valence-corrected chi connectivity index (χ1v) is 3.89. The summed E-state index contributed by atoms with van der Waals surface area (Å²) in [4.78, 5) is 14.5. The second-order valence-electron chi connectivity index (χ2n) is 1.84. The zero-order chi connectivity index (χ0) is 8.43. The molecular weight excluding hydrogens is 231 g/mol. The van der Waals surface area contributed by atoms with Crippen molar-refractivity contribution in [3.63, 3.8) is 0 Å². The number of nitrogens with zero attached hydrogens (tertiary/aromatic N) is 1. The molecule has 1 rings (SSSR count). The summed E-state index contributed by atoms with van der Waals surface area (Å²) in [6, 6.07) is 0. The lowest BCUT2D eigenvalue weighted by atomic mass is 10.2. The summed E-state index contributed by atoms with van der Waals surface area (Å²) in [5, 5.41) is 0.256. The first-order chi connectivity index (χ1) is 5.13. The van der Waals surface area contributed by atoms with E-state index in [9.17, 15) is 4.79 Å². The first-order valence-electron chi connectivity index (χ1n) is 2.71. The van der Waals surface area contributed by atoms with E-state index in [0.717, 1.165) is 0 Å². The van der Waals surface area contributed by atoms with E-state index in [1.807, 2.05) is 0 Å². The highest BCUT2D eigenvalue weighted by molar-refractivity contribution is 9.10. The quantitative estimate of drug-likeness (QED) is 0.804. The van der Waals surface area contributed by atoms with Gasteiger partial charge in [-0.3, -0.25) is 9.78 Å². The molecule has 0 aliphatic rings. The molecule has 0 fully saturated rings. The number of primary amides is 1. The lowest BCUT2D eigenvalue weighted by Crippen LogP contribution is -2.12. The number of halogens is 2. The van der Waals surface area contributed by atoms with Crippen molar-refractivity contribution in [3.8, 4) is 0 Å². The number of hydrogen-bond donors (Lipinski definition) is 1. The average molecular weight is 235 g/mol. The molecule has 0 unspecified atom stereocenters. The third-order valence-corrected chi connectivity index (χ3v) is 1.99. The molecule has 0 saturated heterocycles. The fourth-order valence-corrected chi connectivity index (χ4v) is 1.54. The minimum Gasteiger partial charge on any atom is -0.366 e. The van der Waals surface area contributed by atoms with Crippen molar-refractivity contribution in [1.82, 2.24) is 4.98 Å². The second kappa shape index (κ2) is 3.19. The van der Waals surface area contributed by atoms with Crippen LogP contribution in [-0.2, 0) is 0 Å². The van der Waals surface area contributed by atoms with Crippen LogP contribution in [0.3, 0.4) is 0 Å². The lowest BCUT2D eigenvalue weighted by Gasteiger charge is -1.99. The van der Waals surface area contributed by atoms with E-state index in [-0.39, 0.29) is 10.6 Å². The molecule has 11 heavy (non-hydrogen) atoms. The van der Waals surface area contributed by atoms with Crippen LogP contribution in [0.2, 0.25) is 5.02 Å². The van der Waals surface area contributed by atoms with E-state index in [0.29, 0.717) is 4.47 Å². The molecule has 0 bridgehead atoms. The predicted molar refractivity (Wildman–Crippen MR) is 45.5 cm³/mol. The number of nitrogens with two attached hydrogens (primary N) is 1. The van der Waals surface area contributed by atoms with E-state index in [4.69, 9.17) is 17.3 Å². The van der Waals surface area contributed by atoms with Crippen molar-refractivity contribution in [3.05, 3.63) is 27.5 Å². The summed E-state index contributed by atoms with van der Waals surface area (Å²) in [5.74, 6) is -0.565. The molecule has 58 valence electrons. The van der Waals surface area contributed by atoms with Gasteiger partial charge in [0.2, 0.25) is 0 Å². The van der Waals surface area contributed by atoms with E-state index in [2.05, 4.69) is 20.9 Å². The summed E-state index contributed by atoms with van der Waals surface area (Å²) in [7, 11) is 0. The molecule has 2 N–H and O–H groups in total. The van der Waals surface area contributed by atoms with Gasteiger partial charge < -0.3 is 5.73 Å². The van der Waals surface area contributed by atoms with Crippen molar-refractivity contribution in [2.45, 2.75) is 0 Å². The smallest absolute Gasteiger partial charge is 0.251 e. The summed E-state index contributed by atoms with van der Waals surface area (Å²) in [6.07, 6.45) is 2.83. The van der Waals surface area contributed by atoms with Gasteiger partial charge in [0.25, 0.3) is 5.91 Å². The monoisotopic (exact) mass is 234 g/mol. The molecule has 0 radical (unpaired) electrons. The number of amides is 1. The van der Waals surface area contributed by atoms with Crippen molar-refractivity contribution in [2.75, 3.05) is 0 Å². The molecular formula is C6H4BrClN2O. The van der Waals surface area contributed by atoms with Crippen molar-refractivity contribution in [2.24, 2.45) is 5.73 Å². The van der Waals surface area contributed by atoms with Gasteiger partial charge in [0.15, 0.2) is 0 Å². The number of rotatable bonds is 1. The van der Waals surface area contributed by atoms with Crippen LogP contribution in [0.4, 0.5) is 0 Å². The molecule has 0 aliphatic carbocycles. The van der Waals surface area contributed by atoms with Gasteiger partial charge >= 0.3 is 0 Å². The Bertz CT molecular complexity index is 282. The highest BCUT2D eigenvalue weighted by Crippen LogP contribution is 2.22. The van der Waals surface area contributed by atoms with Crippen LogP contribution in [0.25, 0.3) is 0 Å². The van der Waals surface area contributed by atoms with Crippen LogP contribution in [-0.4, -0.2) is 10.9 Å². The Morgan fingerprint density at radius 1 is 1.64 bits per heavy atom. The second-order valence-corrected chi connectivity index (χ2v) is 3.10. The first kappa shape index (κ1) is 8.49. The maximum Gasteiger partial charge on any atom is 0.251 e. The van der Waals surface area contributed by atoms with Gasteiger partial charge in [0.1, 0.15) is 0 Å². The van der Waals surface area contributed by atoms with E-state index in [1.165, 1.54) is 12.4 Å². The number of carbonyl (C=O) groups is 1. The number of carbonyl (C=O) groups excluding carboxylic acids is 1. The van der Waals surface area contributed by atoms with Gasteiger partial charge in [-0.2, -0.15) is 0 Å². The Morgan fingerprint density at radius 3 is 2.64 bits per heavy atom. The molecule has 0 aromatic carbocycles. The van der Waals surface area contributed by atoms with Crippen LogP contribution in [0, 0.1) is 0 Å². The Balaban J connectivity index is 3.32. The van der Waals surface area contributed by atoms with E-state index >= 15 is 0 Å². The molecule has 0 atom stereocenters. The Labute approximate surface area is 76.7 Å². The highest BCUT2D eigenvalue weighted by Gasteiger charge is 2.10. The van der Waals surface area contributed by atoms with Crippen molar-refractivity contribution < 1.29 is 4.79 Å². The van der Waals surface area contributed by atoms with E-state index < -0.39 is 5.91 Å². The van der Waals surface area contributed by atoms with Crippen LogP contribution in [0.15, 0.2) is 16.9 Å². The predicted octanol–water partition coefficient (Wildman–Crippen LogP) is 1.60. The summed E-state index contributed by atoms with van der Waals surface area (Å²) >= 11 is 8.73. The Morgan fingerprint density at radius 2 is 2.27 bits per heavy atom. The minimum atomic E-state index is -0.565. The summed E-state index contributed by atoms with van der Waals surface area (Å²) < 4.78 is 0.512. The van der Waals surface area contributed by atoms with Crippen molar-refractivity contribution in [1.29, 1.82) is 0 Å².